The number of likely N-dealkylation sites (N-methyl/N-ethyl adjacent to an activating group) is 1. The highest BCUT2D eigenvalue weighted by atomic mass is 16.5. The van der Waals surface area contributed by atoms with Crippen LogP contribution in [0.2, 0.25) is 0 Å². The summed E-state index contributed by atoms with van der Waals surface area (Å²) in [5.41, 5.74) is 3.75. The smallest absolute Gasteiger partial charge is 0.255 e. The first-order valence-corrected chi connectivity index (χ1v) is 13.8. The number of phenolic OH excluding ortho intramolecular Hbond substituents is 1. The molecule has 1 saturated carbocycles. The largest absolute Gasteiger partial charge is 0.508 e. The second-order valence-electron chi connectivity index (χ2n) is 11.4. The number of methoxy groups -OCH3 is 1. The topological polar surface area (TPSA) is 191 Å². The second kappa shape index (κ2) is 11.6. The molecule has 2 aromatic rings. The fourth-order valence-electron chi connectivity index (χ4n) is 6.93. The molecule has 2 aromatic carbocycles. The molecule has 0 saturated heterocycles. The third-order valence-electron chi connectivity index (χ3n) is 8.89. The molecule has 0 aromatic heterocycles. The molecule has 0 radical (unpaired) electrons. The SMILES string of the molecule is C.C=CCC(O)c1ccc(OC)c(-c2ccc(O)c3c2C[C@H]2C[C@H]4[C@H](N(C)C)C(=O)C(C(N)=O)=C(O)[C@@]4(O)C(=O)C2=C3O)c1. The van der Waals surface area contributed by atoms with Gasteiger partial charge < -0.3 is 36.0 Å². The minimum Gasteiger partial charge on any atom is -0.508 e. The monoisotopic (exact) mass is 606 g/mol. The summed E-state index contributed by atoms with van der Waals surface area (Å²) in [6.07, 6.45) is 1.16. The van der Waals surface area contributed by atoms with Gasteiger partial charge >= 0.3 is 0 Å². The van der Waals surface area contributed by atoms with Gasteiger partial charge in [0.2, 0.25) is 5.78 Å². The van der Waals surface area contributed by atoms with Crippen molar-refractivity contribution in [1.82, 2.24) is 4.90 Å². The standard InChI is InChI=1S/C32H34N2O9.CH4/c1-5-6-20(35)14-7-10-22(43-4)17(11-14)16-8-9-21(36)24-18(16)12-15-13-19-26(34(2)3)28(38)25(31(33)41)30(40)32(19,42)29(39)23(15)27(24)37;/h5,7-11,15,19-20,26,35-37,40,42H,1,6,12-13H2,2-4H3,(H2,33,41);1H4/t15-,19-,20?,26-,32-;/m0./s1. The fourth-order valence-corrected chi connectivity index (χ4v) is 6.93. The number of ether oxygens (including phenoxy) is 1. The van der Waals surface area contributed by atoms with Crippen LogP contribution in [0, 0.1) is 11.8 Å². The zero-order valence-electron chi connectivity index (χ0n) is 24.0. The maximum absolute atomic E-state index is 14.1. The Morgan fingerprint density at radius 1 is 1.18 bits per heavy atom. The molecule has 44 heavy (non-hydrogen) atoms. The van der Waals surface area contributed by atoms with Gasteiger partial charge in [-0.1, -0.05) is 25.6 Å². The molecular formula is C33H38N2O9. The van der Waals surface area contributed by atoms with Gasteiger partial charge in [0.25, 0.3) is 5.91 Å². The Balaban J connectivity index is 0.00000442. The number of phenols is 1. The summed E-state index contributed by atoms with van der Waals surface area (Å²) in [5, 5.41) is 55.9. The number of ketones is 2. The number of nitrogens with two attached hydrogens (primary N) is 1. The van der Waals surface area contributed by atoms with E-state index in [1.807, 2.05) is 0 Å². The Morgan fingerprint density at radius 3 is 2.45 bits per heavy atom. The van der Waals surface area contributed by atoms with Gasteiger partial charge in [-0.2, -0.15) is 0 Å². The van der Waals surface area contributed by atoms with Crippen LogP contribution in [0.4, 0.5) is 0 Å². The van der Waals surface area contributed by atoms with Crippen molar-refractivity contribution in [3.05, 3.63) is 76.6 Å². The number of hydrogen-bond acceptors (Lipinski definition) is 10. The summed E-state index contributed by atoms with van der Waals surface area (Å²) in [6.45, 7) is 3.68. The average molecular weight is 607 g/mol. The minimum atomic E-state index is -2.71. The number of amides is 1. The van der Waals surface area contributed by atoms with E-state index >= 15 is 0 Å². The van der Waals surface area contributed by atoms with Crippen molar-refractivity contribution in [3.63, 3.8) is 0 Å². The number of aromatic hydroxyl groups is 1. The number of primary amides is 1. The number of Topliss-reactive ketones (excluding diaryl/α,β-unsaturated/α-hetero) is 2. The lowest BCUT2D eigenvalue weighted by atomic mass is 9.57. The van der Waals surface area contributed by atoms with Crippen LogP contribution < -0.4 is 10.5 Å². The molecule has 1 amide bonds. The highest BCUT2D eigenvalue weighted by Gasteiger charge is 2.64. The van der Waals surface area contributed by atoms with Gasteiger partial charge in [0.15, 0.2) is 11.4 Å². The first-order valence-electron chi connectivity index (χ1n) is 13.8. The van der Waals surface area contributed by atoms with Gasteiger partial charge in [-0.25, -0.2) is 0 Å². The summed E-state index contributed by atoms with van der Waals surface area (Å²) >= 11 is 0. The van der Waals surface area contributed by atoms with Crippen LogP contribution in [0.1, 0.15) is 43.1 Å². The van der Waals surface area contributed by atoms with Gasteiger partial charge in [-0.3, -0.25) is 19.3 Å². The lowest BCUT2D eigenvalue weighted by Crippen LogP contribution is -2.65. The van der Waals surface area contributed by atoms with Gasteiger partial charge in [-0.05, 0) is 74.2 Å². The summed E-state index contributed by atoms with van der Waals surface area (Å²) in [4.78, 5) is 41.0. The van der Waals surface area contributed by atoms with Crippen LogP contribution in [0.15, 0.2) is 59.9 Å². The van der Waals surface area contributed by atoms with E-state index in [9.17, 15) is 39.9 Å². The van der Waals surface area contributed by atoms with Gasteiger partial charge in [0, 0.05) is 17.1 Å². The van der Waals surface area contributed by atoms with Crippen molar-refractivity contribution in [2.24, 2.45) is 17.6 Å². The number of hydrogen-bond donors (Lipinski definition) is 6. The zero-order valence-corrected chi connectivity index (χ0v) is 24.0. The van der Waals surface area contributed by atoms with Gasteiger partial charge in [0.1, 0.15) is 28.6 Å². The molecular weight excluding hydrogens is 568 g/mol. The Hall–Kier alpha value is -4.45. The molecule has 0 bridgehead atoms. The van der Waals surface area contributed by atoms with E-state index in [0.717, 1.165) is 0 Å². The molecule has 11 heteroatoms. The third kappa shape index (κ3) is 4.59. The number of aliphatic hydroxyl groups is 4. The molecule has 1 unspecified atom stereocenters. The van der Waals surface area contributed by atoms with E-state index in [1.165, 1.54) is 18.1 Å². The quantitative estimate of drug-likeness (QED) is 0.202. The molecule has 0 aliphatic heterocycles. The molecule has 3 aliphatic rings. The molecule has 3 aliphatic carbocycles. The average Bonchev–Trinajstić information content (AvgIpc) is 2.94. The number of benzene rings is 2. The van der Waals surface area contributed by atoms with Crippen molar-refractivity contribution >= 4 is 23.2 Å². The third-order valence-corrected chi connectivity index (χ3v) is 8.89. The normalized spacial score (nSPS) is 25.1. The predicted molar refractivity (Wildman–Crippen MR) is 163 cm³/mol. The molecule has 1 fully saturated rings. The predicted octanol–water partition coefficient (Wildman–Crippen LogP) is 2.89. The maximum atomic E-state index is 14.1. The Kier molecular flexibility index (Phi) is 8.53. The molecule has 11 nitrogen and oxygen atoms in total. The van der Waals surface area contributed by atoms with Crippen LogP contribution in [-0.4, -0.2) is 80.8 Å². The highest BCUT2D eigenvalue weighted by molar-refractivity contribution is 6.24. The van der Waals surface area contributed by atoms with E-state index in [0.29, 0.717) is 34.4 Å². The molecule has 0 spiro atoms. The molecule has 234 valence electrons. The van der Waals surface area contributed by atoms with Crippen LogP contribution >= 0.6 is 0 Å². The number of carbonyl (C=O) groups is 3. The fraction of sp³-hybridized carbons (Fsp3) is 0.364. The second-order valence-corrected chi connectivity index (χ2v) is 11.4. The van der Waals surface area contributed by atoms with Gasteiger partial charge in [0.05, 0.1) is 24.8 Å². The van der Waals surface area contributed by atoms with Crippen molar-refractivity contribution in [1.29, 1.82) is 0 Å². The van der Waals surface area contributed by atoms with Crippen molar-refractivity contribution in [2.45, 2.75) is 44.4 Å². The molecule has 5 rings (SSSR count). The van der Waals surface area contributed by atoms with E-state index in [-0.39, 0.29) is 37.2 Å². The summed E-state index contributed by atoms with van der Waals surface area (Å²) in [6, 6.07) is 6.99. The Bertz CT molecular complexity index is 1640. The summed E-state index contributed by atoms with van der Waals surface area (Å²) < 4.78 is 5.60. The first-order chi connectivity index (χ1) is 20.3. The summed E-state index contributed by atoms with van der Waals surface area (Å²) in [7, 11) is 4.58. The van der Waals surface area contributed by atoms with E-state index in [2.05, 4.69) is 6.58 Å². The lowest BCUT2D eigenvalue weighted by Gasteiger charge is -2.50. The minimum absolute atomic E-state index is 0. The Morgan fingerprint density at radius 2 is 1.86 bits per heavy atom. The van der Waals surface area contributed by atoms with Crippen LogP contribution in [0.5, 0.6) is 11.5 Å². The van der Waals surface area contributed by atoms with Crippen molar-refractivity contribution < 1.29 is 44.7 Å². The number of fused-ring (bicyclic) bond motifs is 3. The van der Waals surface area contributed by atoms with Crippen LogP contribution in [0.25, 0.3) is 16.9 Å². The van der Waals surface area contributed by atoms with Crippen LogP contribution in [0.3, 0.4) is 0 Å². The lowest BCUT2D eigenvalue weighted by molar-refractivity contribution is -0.153. The van der Waals surface area contributed by atoms with Crippen LogP contribution in [-0.2, 0) is 20.8 Å². The van der Waals surface area contributed by atoms with E-state index in [1.54, 1.807) is 44.4 Å². The maximum Gasteiger partial charge on any atom is 0.255 e. The number of carbonyl (C=O) groups excluding carboxylic acids is 3. The van der Waals surface area contributed by atoms with Crippen molar-refractivity contribution in [2.75, 3.05) is 21.2 Å². The van der Waals surface area contributed by atoms with Gasteiger partial charge in [-0.15, -0.1) is 6.58 Å². The summed E-state index contributed by atoms with van der Waals surface area (Å²) in [5.74, 6) is -6.69. The zero-order chi connectivity index (χ0) is 31.5. The van der Waals surface area contributed by atoms with E-state index < -0.39 is 64.1 Å². The number of nitrogens with zero attached hydrogens (tertiary/aromatic N) is 1. The Labute approximate surface area is 255 Å². The number of aliphatic hydroxyl groups excluding tert-OH is 3. The van der Waals surface area contributed by atoms with E-state index in [4.69, 9.17) is 10.5 Å². The molecule has 5 atom stereocenters. The molecule has 7 N–H and O–H groups in total. The molecule has 0 heterocycles. The first kappa shape index (κ1) is 32.5. The number of rotatable bonds is 7. The highest BCUT2D eigenvalue weighted by Crippen LogP contribution is 2.54. The van der Waals surface area contributed by atoms with Crippen molar-refractivity contribution in [3.8, 4) is 22.6 Å².